The van der Waals surface area contributed by atoms with Crippen molar-refractivity contribution in [2.45, 2.75) is 138 Å². The van der Waals surface area contributed by atoms with Crippen LogP contribution in [0.5, 0.6) is 0 Å². The number of nitrogens with one attached hydrogen (secondary N) is 2. The number of hydrogen-bond donors (Lipinski definition) is 2. The Hall–Kier alpha value is -2.40. The number of unbranched alkanes of at least 4 members (excludes halogenated alkanes) is 4. The highest BCUT2D eigenvalue weighted by Gasteiger charge is 2.34. The lowest BCUT2D eigenvalue weighted by Crippen LogP contribution is -2.57. The second-order valence-electron chi connectivity index (χ2n) is 11.0. The Balaban J connectivity index is 0. The average Bonchev–Trinajstić information content (AvgIpc) is 2.94. The van der Waals surface area contributed by atoms with E-state index in [1.54, 1.807) is 24.9 Å². The van der Waals surface area contributed by atoms with Crippen molar-refractivity contribution in [1.29, 1.82) is 5.26 Å². The number of nitriles is 1. The first kappa shape index (κ1) is 39.7. The molecule has 0 aromatic rings. The van der Waals surface area contributed by atoms with Gasteiger partial charge in [0, 0.05) is 38.2 Å². The molecule has 0 aromatic carbocycles. The number of carbonyl (C=O) groups is 3. The molecule has 40 heavy (non-hydrogen) atoms. The first-order valence-electron chi connectivity index (χ1n) is 15.6. The van der Waals surface area contributed by atoms with Crippen LogP contribution < -0.4 is 10.6 Å². The number of hydrogen-bond acceptors (Lipinski definition) is 5. The zero-order valence-corrected chi connectivity index (χ0v) is 27.4. The molecule has 8 nitrogen and oxygen atoms in total. The van der Waals surface area contributed by atoms with Crippen LogP contribution in [0.2, 0.25) is 0 Å². The van der Waals surface area contributed by atoms with Crippen LogP contribution in [0.3, 0.4) is 0 Å². The van der Waals surface area contributed by atoms with Crippen LogP contribution in [0.1, 0.15) is 120 Å². The van der Waals surface area contributed by atoms with Crippen molar-refractivity contribution in [2.75, 3.05) is 26.7 Å². The van der Waals surface area contributed by atoms with E-state index in [0.717, 1.165) is 51.5 Å². The highest BCUT2D eigenvalue weighted by Crippen LogP contribution is 2.20. The summed E-state index contributed by atoms with van der Waals surface area (Å²) in [5.41, 5.74) is 0.564. The van der Waals surface area contributed by atoms with E-state index < -0.39 is 6.04 Å². The minimum absolute atomic E-state index is 0.0495. The number of carbonyl (C=O) groups excluding carboxylic acids is 3. The number of piperidine rings is 1. The molecule has 1 saturated heterocycles. The normalized spacial score (nSPS) is 16.1. The Morgan fingerprint density at radius 3 is 2.20 bits per heavy atom. The number of likely N-dealkylation sites (tertiary alicyclic amines) is 1. The van der Waals surface area contributed by atoms with E-state index in [1.165, 1.54) is 6.42 Å². The lowest BCUT2D eigenvalue weighted by molar-refractivity contribution is -0.138. The Morgan fingerprint density at radius 1 is 1.05 bits per heavy atom. The topological polar surface area (TPSA) is 106 Å². The van der Waals surface area contributed by atoms with E-state index in [2.05, 4.69) is 49.3 Å². The molecule has 232 valence electrons. The largest absolute Gasteiger partial charge is 0.352 e. The molecule has 1 aliphatic rings. The summed E-state index contributed by atoms with van der Waals surface area (Å²) in [7, 11) is 1.70. The fraction of sp³-hybridized carbons (Fsp3) is 0.812. The smallest absolute Gasteiger partial charge is 0.246 e. The third-order valence-electron chi connectivity index (χ3n) is 6.65. The highest BCUT2D eigenvalue weighted by molar-refractivity contribution is 5.93. The Labute approximate surface area is 246 Å². The van der Waals surface area contributed by atoms with Crippen molar-refractivity contribution >= 4 is 17.7 Å². The van der Waals surface area contributed by atoms with Crippen molar-refractivity contribution < 1.29 is 14.4 Å². The van der Waals surface area contributed by atoms with Crippen LogP contribution in [0.25, 0.3) is 0 Å². The summed E-state index contributed by atoms with van der Waals surface area (Å²) < 4.78 is 0. The first-order chi connectivity index (χ1) is 19.0. The Kier molecular flexibility index (Phi) is 24.2. The maximum absolute atomic E-state index is 13.2. The molecule has 1 fully saturated rings. The summed E-state index contributed by atoms with van der Waals surface area (Å²) in [5, 5.41) is 14.5. The highest BCUT2D eigenvalue weighted by atomic mass is 16.2. The van der Waals surface area contributed by atoms with Crippen molar-refractivity contribution in [3.63, 3.8) is 0 Å². The van der Waals surface area contributed by atoms with Crippen LogP contribution in [0.15, 0.2) is 11.6 Å². The maximum Gasteiger partial charge on any atom is 0.246 e. The SMILES string of the molecule is C/C(=C\CN(C)C(=O)C(NC(=O)C1CCCCN1C(C)C)C(C)C)C(=O)NCCCCCCC#N.CC.CCC. The van der Waals surface area contributed by atoms with Gasteiger partial charge >= 0.3 is 0 Å². The molecule has 3 amide bonds. The minimum atomic E-state index is -0.605. The van der Waals surface area contributed by atoms with Crippen LogP contribution in [0, 0.1) is 17.2 Å². The van der Waals surface area contributed by atoms with Gasteiger partial charge in [-0.2, -0.15) is 5.26 Å². The van der Waals surface area contributed by atoms with Crippen molar-refractivity contribution in [3.05, 3.63) is 11.6 Å². The van der Waals surface area contributed by atoms with Crippen LogP contribution in [-0.2, 0) is 14.4 Å². The summed E-state index contributed by atoms with van der Waals surface area (Å²) >= 11 is 0. The fourth-order valence-electron chi connectivity index (χ4n) is 4.33. The molecule has 1 aliphatic heterocycles. The summed E-state index contributed by atoms with van der Waals surface area (Å²) in [6.45, 7) is 19.9. The summed E-state index contributed by atoms with van der Waals surface area (Å²) in [6.07, 6.45) is 10.3. The van der Waals surface area contributed by atoms with Crippen molar-refractivity contribution in [1.82, 2.24) is 20.4 Å². The number of nitrogens with zero attached hydrogens (tertiary/aromatic N) is 3. The van der Waals surface area contributed by atoms with Crippen LogP contribution in [-0.4, -0.2) is 72.3 Å². The molecular weight excluding hydrogens is 502 g/mol. The quantitative estimate of drug-likeness (QED) is 0.204. The van der Waals surface area contributed by atoms with Gasteiger partial charge in [0.25, 0.3) is 0 Å². The van der Waals surface area contributed by atoms with Gasteiger partial charge in [0.2, 0.25) is 17.7 Å². The molecule has 1 rings (SSSR count). The molecule has 2 unspecified atom stereocenters. The van der Waals surface area contributed by atoms with E-state index in [4.69, 9.17) is 5.26 Å². The van der Waals surface area contributed by atoms with Gasteiger partial charge in [-0.1, -0.05) is 73.3 Å². The number of amides is 3. The molecule has 0 spiro atoms. The fourth-order valence-corrected chi connectivity index (χ4v) is 4.33. The van der Waals surface area contributed by atoms with Crippen LogP contribution >= 0.6 is 0 Å². The predicted octanol–water partition coefficient (Wildman–Crippen LogP) is 5.83. The van der Waals surface area contributed by atoms with Crippen molar-refractivity contribution in [3.8, 4) is 6.07 Å². The third kappa shape index (κ3) is 16.6. The second kappa shape index (κ2) is 24.4. The van der Waals surface area contributed by atoms with Gasteiger partial charge in [-0.15, -0.1) is 0 Å². The molecule has 0 aromatic heterocycles. The minimum Gasteiger partial charge on any atom is -0.352 e. The average molecular weight is 564 g/mol. The third-order valence-corrected chi connectivity index (χ3v) is 6.65. The van der Waals surface area contributed by atoms with E-state index in [1.807, 2.05) is 27.7 Å². The zero-order valence-electron chi connectivity index (χ0n) is 27.4. The number of rotatable bonds is 14. The van der Waals surface area contributed by atoms with Gasteiger partial charge in [-0.05, 0) is 58.9 Å². The van der Waals surface area contributed by atoms with E-state index >= 15 is 0 Å². The molecule has 0 aliphatic carbocycles. The molecular formula is C32H61N5O3. The van der Waals surface area contributed by atoms with Gasteiger partial charge < -0.3 is 15.5 Å². The predicted molar refractivity (Wildman–Crippen MR) is 167 cm³/mol. The molecule has 2 N–H and O–H groups in total. The van der Waals surface area contributed by atoms with Gasteiger partial charge in [0.1, 0.15) is 6.04 Å². The van der Waals surface area contributed by atoms with Gasteiger partial charge in [0.15, 0.2) is 0 Å². The Morgan fingerprint density at radius 2 is 1.65 bits per heavy atom. The van der Waals surface area contributed by atoms with E-state index in [0.29, 0.717) is 25.1 Å². The standard InChI is InChI=1S/C27H47N5O3.C3H8.C2H6/c1-20(2)24(30-26(34)23-14-10-13-18-32(23)21(3)4)27(35)31(6)19-15-22(5)25(33)29-17-12-9-7-8-11-16-28;1-3-2;1-2/h15,20-21,23-24H,7-14,17-19H2,1-6H3,(H,29,33)(H,30,34);3H2,1-2H3;1-2H3/b22-15+;;. The summed E-state index contributed by atoms with van der Waals surface area (Å²) in [4.78, 5) is 42.4. The molecule has 1 heterocycles. The van der Waals surface area contributed by atoms with E-state index in [-0.39, 0.29) is 35.7 Å². The zero-order chi connectivity index (χ0) is 31.1. The Bertz CT molecular complexity index is 773. The van der Waals surface area contributed by atoms with Gasteiger partial charge in [-0.25, -0.2) is 0 Å². The summed E-state index contributed by atoms with van der Waals surface area (Å²) in [6, 6.07) is 1.62. The molecule has 0 radical (unpaired) electrons. The maximum atomic E-state index is 13.2. The molecule has 2 atom stereocenters. The van der Waals surface area contributed by atoms with Crippen LogP contribution in [0.4, 0.5) is 0 Å². The lowest BCUT2D eigenvalue weighted by Gasteiger charge is -2.38. The monoisotopic (exact) mass is 563 g/mol. The van der Waals surface area contributed by atoms with Crippen molar-refractivity contribution in [2.24, 2.45) is 5.92 Å². The van der Waals surface area contributed by atoms with Gasteiger partial charge in [-0.3, -0.25) is 19.3 Å². The molecule has 0 bridgehead atoms. The van der Waals surface area contributed by atoms with E-state index in [9.17, 15) is 14.4 Å². The molecule has 8 heteroatoms. The lowest BCUT2D eigenvalue weighted by atomic mass is 9.97. The first-order valence-corrected chi connectivity index (χ1v) is 15.6. The van der Waals surface area contributed by atoms with Gasteiger partial charge in [0.05, 0.1) is 12.1 Å². The second-order valence-corrected chi connectivity index (χ2v) is 11.0. The summed E-state index contributed by atoms with van der Waals surface area (Å²) in [5.74, 6) is -0.408. The molecule has 0 saturated carbocycles. The number of likely N-dealkylation sites (N-methyl/N-ethyl adjacent to an activating group) is 1.